The minimum Gasteiger partial charge on any atom is -0.491 e. The zero-order chi connectivity index (χ0) is 26.2. The molecule has 2 aromatic carbocycles. The summed E-state index contributed by atoms with van der Waals surface area (Å²) in [6.07, 6.45) is 3.79. The van der Waals surface area contributed by atoms with Gasteiger partial charge < -0.3 is 20.5 Å². The van der Waals surface area contributed by atoms with Crippen molar-refractivity contribution in [3.63, 3.8) is 0 Å². The molecule has 1 aliphatic heterocycles. The molecule has 0 radical (unpaired) electrons. The van der Waals surface area contributed by atoms with E-state index in [-0.39, 0.29) is 28.6 Å². The highest BCUT2D eigenvalue weighted by Crippen LogP contribution is 2.37. The molecule has 0 bridgehead atoms. The van der Waals surface area contributed by atoms with Gasteiger partial charge in [-0.05, 0) is 29.8 Å². The summed E-state index contributed by atoms with van der Waals surface area (Å²) in [7, 11) is -1.78. The Labute approximate surface area is 211 Å². The molecule has 0 fully saturated rings. The van der Waals surface area contributed by atoms with Gasteiger partial charge in [0.25, 0.3) is 5.91 Å². The number of methoxy groups -OCH3 is 1. The summed E-state index contributed by atoms with van der Waals surface area (Å²) >= 11 is 0. The number of ether oxygens (including phenoxy) is 2. The summed E-state index contributed by atoms with van der Waals surface area (Å²) in [5.41, 5.74) is 7.13. The highest BCUT2D eigenvalue weighted by atomic mass is 32.2. The number of aromatic nitrogens is 4. The molecule has 0 aliphatic carbocycles. The van der Waals surface area contributed by atoms with Crippen molar-refractivity contribution in [3.05, 3.63) is 65.5 Å². The molecule has 0 atom stereocenters. The monoisotopic (exact) mass is 521 g/mol. The van der Waals surface area contributed by atoms with Gasteiger partial charge in [0.1, 0.15) is 17.9 Å². The predicted molar refractivity (Wildman–Crippen MR) is 135 cm³/mol. The Morgan fingerprint density at radius 2 is 1.89 bits per heavy atom. The third-order valence-corrected chi connectivity index (χ3v) is 6.90. The Balaban J connectivity index is 1.53. The summed E-state index contributed by atoms with van der Waals surface area (Å²) in [4.78, 5) is 29.6. The Hall–Kier alpha value is -4.52. The number of hydrogen-bond donors (Lipinski definition) is 2. The Morgan fingerprint density at radius 3 is 2.57 bits per heavy atom. The van der Waals surface area contributed by atoms with E-state index in [4.69, 9.17) is 15.2 Å². The molecule has 0 saturated carbocycles. The highest BCUT2D eigenvalue weighted by molar-refractivity contribution is 7.90. The van der Waals surface area contributed by atoms with Gasteiger partial charge in [0.2, 0.25) is 11.6 Å². The van der Waals surface area contributed by atoms with Crippen LogP contribution < -0.4 is 26.1 Å². The second-order valence-electron chi connectivity index (χ2n) is 8.28. The molecule has 1 aliphatic rings. The molecule has 37 heavy (non-hydrogen) atoms. The zero-order valence-corrected chi connectivity index (χ0v) is 20.8. The van der Waals surface area contributed by atoms with E-state index >= 15 is 0 Å². The van der Waals surface area contributed by atoms with Gasteiger partial charge in [-0.3, -0.25) is 9.36 Å². The first-order valence-electron chi connectivity index (χ1n) is 11.2. The molecule has 13 heteroatoms. The van der Waals surface area contributed by atoms with Crippen molar-refractivity contribution in [2.24, 2.45) is 4.99 Å². The number of fused-ring (bicyclic) bond motifs is 3. The van der Waals surface area contributed by atoms with E-state index in [1.54, 1.807) is 18.2 Å². The van der Waals surface area contributed by atoms with Crippen molar-refractivity contribution in [1.82, 2.24) is 19.5 Å². The molecule has 2 aromatic heterocycles. The number of nitrogens with two attached hydrogens (primary N) is 1. The van der Waals surface area contributed by atoms with Gasteiger partial charge >= 0.3 is 0 Å². The van der Waals surface area contributed by atoms with Crippen molar-refractivity contribution >= 4 is 38.4 Å². The first-order chi connectivity index (χ1) is 17.7. The largest absolute Gasteiger partial charge is 0.491 e. The maximum atomic E-state index is 12.8. The average molecular weight is 522 g/mol. The Bertz CT molecular complexity index is 1680. The van der Waals surface area contributed by atoms with Crippen molar-refractivity contribution in [3.8, 4) is 11.5 Å². The van der Waals surface area contributed by atoms with Gasteiger partial charge in [0.15, 0.2) is 21.3 Å². The number of sulfone groups is 1. The van der Waals surface area contributed by atoms with Crippen LogP contribution in [0.25, 0.3) is 10.9 Å². The number of nitrogens with zero attached hydrogens (tertiary/aromatic N) is 5. The van der Waals surface area contributed by atoms with Gasteiger partial charge in [-0.2, -0.15) is 4.99 Å². The number of benzene rings is 2. The van der Waals surface area contributed by atoms with Crippen LogP contribution >= 0.6 is 0 Å². The lowest BCUT2D eigenvalue weighted by Gasteiger charge is -2.15. The molecule has 0 spiro atoms. The standard InChI is InChI=1S/C24H23N7O5S/c1-35-20-18(36-13-14-3-5-16(6-4-14)37(2,33)34)8-7-17-19(20)29-24(31-10-9-26-21(17)31)30-22(32)15-11-27-23(25)28-12-15/h3-8,11-12,26H,9-10,13H2,1-2H3,(H2,25,27,28). The van der Waals surface area contributed by atoms with Gasteiger partial charge in [0.05, 0.1) is 17.6 Å². The highest BCUT2D eigenvalue weighted by Gasteiger charge is 2.21. The number of nitrogen functional groups attached to an aromatic ring is 1. The average Bonchev–Trinajstić information content (AvgIpc) is 3.38. The molecule has 190 valence electrons. The van der Waals surface area contributed by atoms with E-state index in [1.165, 1.54) is 31.6 Å². The van der Waals surface area contributed by atoms with E-state index in [1.807, 2.05) is 10.6 Å². The molecule has 4 aromatic rings. The van der Waals surface area contributed by atoms with E-state index < -0.39 is 15.7 Å². The maximum absolute atomic E-state index is 12.8. The number of amides is 1. The smallest absolute Gasteiger partial charge is 0.283 e. The third-order valence-electron chi connectivity index (χ3n) is 5.77. The summed E-state index contributed by atoms with van der Waals surface area (Å²) in [6.45, 7) is 1.40. The molecule has 3 N–H and O–H groups in total. The van der Waals surface area contributed by atoms with Crippen molar-refractivity contribution in [2.45, 2.75) is 18.0 Å². The fraction of sp³-hybridized carbons (Fsp3) is 0.208. The molecule has 12 nitrogen and oxygen atoms in total. The first kappa shape index (κ1) is 24.2. The van der Waals surface area contributed by atoms with Crippen LogP contribution in [0.4, 0.5) is 11.8 Å². The van der Waals surface area contributed by atoms with Gasteiger partial charge in [-0.15, -0.1) is 0 Å². The van der Waals surface area contributed by atoms with Crippen LogP contribution in [0.15, 0.2) is 58.7 Å². The van der Waals surface area contributed by atoms with Gasteiger partial charge in [-0.25, -0.2) is 23.4 Å². The van der Waals surface area contributed by atoms with Gasteiger partial charge in [0, 0.05) is 37.1 Å². The first-order valence-corrected chi connectivity index (χ1v) is 13.1. The molecular formula is C24H23N7O5S. The van der Waals surface area contributed by atoms with E-state index in [9.17, 15) is 13.2 Å². The third kappa shape index (κ3) is 4.80. The fourth-order valence-corrected chi connectivity index (χ4v) is 4.57. The second-order valence-corrected chi connectivity index (χ2v) is 10.3. The molecule has 1 amide bonds. The van der Waals surface area contributed by atoms with Crippen LogP contribution in [-0.2, 0) is 23.0 Å². The van der Waals surface area contributed by atoms with Crippen LogP contribution in [0.1, 0.15) is 15.9 Å². The fourth-order valence-electron chi connectivity index (χ4n) is 3.94. The molecule has 0 unspecified atom stereocenters. The molecule has 5 rings (SSSR count). The quantitative estimate of drug-likeness (QED) is 0.380. The summed E-state index contributed by atoms with van der Waals surface area (Å²) in [6, 6.07) is 10.1. The number of carbonyl (C=O) groups excluding carboxylic acids is 1. The molecule has 0 saturated heterocycles. The van der Waals surface area contributed by atoms with Crippen LogP contribution in [-0.4, -0.2) is 53.8 Å². The van der Waals surface area contributed by atoms with E-state index in [0.29, 0.717) is 30.1 Å². The minimum absolute atomic E-state index is 0.0588. The summed E-state index contributed by atoms with van der Waals surface area (Å²) in [5.74, 6) is 1.07. The van der Waals surface area contributed by atoms with Crippen LogP contribution in [0.3, 0.4) is 0 Å². The van der Waals surface area contributed by atoms with Crippen molar-refractivity contribution in [1.29, 1.82) is 0 Å². The van der Waals surface area contributed by atoms with Crippen LogP contribution in [0.2, 0.25) is 0 Å². The predicted octanol–water partition coefficient (Wildman–Crippen LogP) is 1.57. The topological polar surface area (TPSA) is 164 Å². The summed E-state index contributed by atoms with van der Waals surface area (Å²) < 4.78 is 36.9. The SMILES string of the molecule is COc1c(OCc2ccc(S(C)(=O)=O)cc2)ccc2c3n(c(=NC(=O)c4cnc(N)nc4)nc12)CCN3. The number of anilines is 2. The number of carbonyl (C=O) groups is 1. The lowest BCUT2D eigenvalue weighted by atomic mass is 10.2. The minimum atomic E-state index is -3.28. The van der Waals surface area contributed by atoms with Crippen LogP contribution in [0, 0.1) is 0 Å². The normalized spacial score (nSPS) is 13.3. The number of hydrogen-bond acceptors (Lipinski definition) is 10. The molecular weight excluding hydrogens is 498 g/mol. The molecule has 3 heterocycles. The van der Waals surface area contributed by atoms with E-state index in [2.05, 4.69) is 25.3 Å². The Kier molecular flexibility index (Phi) is 6.21. The number of rotatable bonds is 6. The van der Waals surface area contributed by atoms with Crippen molar-refractivity contribution in [2.75, 3.05) is 31.0 Å². The number of nitrogens with one attached hydrogen (secondary N) is 1. The lowest BCUT2D eigenvalue weighted by molar-refractivity contribution is 0.0996. The Morgan fingerprint density at radius 1 is 1.16 bits per heavy atom. The van der Waals surface area contributed by atoms with E-state index in [0.717, 1.165) is 23.0 Å². The van der Waals surface area contributed by atoms with Crippen molar-refractivity contribution < 1.29 is 22.7 Å². The zero-order valence-electron chi connectivity index (χ0n) is 20.0. The second kappa shape index (κ2) is 9.50. The van der Waals surface area contributed by atoms with Crippen LogP contribution in [0.5, 0.6) is 11.5 Å². The maximum Gasteiger partial charge on any atom is 0.283 e. The van der Waals surface area contributed by atoms with Gasteiger partial charge in [-0.1, -0.05) is 12.1 Å². The lowest BCUT2D eigenvalue weighted by Crippen LogP contribution is -2.25. The summed E-state index contributed by atoms with van der Waals surface area (Å²) in [5, 5.41) is 4.09.